The van der Waals surface area contributed by atoms with Gasteiger partial charge >= 0.3 is 29.2 Å². The van der Waals surface area contributed by atoms with E-state index in [0.29, 0.717) is 0 Å². The molecular formula is C10H16FN2O13P3S. The van der Waals surface area contributed by atoms with Crippen LogP contribution in [0.3, 0.4) is 0 Å². The van der Waals surface area contributed by atoms with Gasteiger partial charge < -0.3 is 29.4 Å². The van der Waals surface area contributed by atoms with Gasteiger partial charge in [0.25, 0.3) is 0 Å². The lowest BCUT2D eigenvalue weighted by Crippen LogP contribution is -2.44. The van der Waals surface area contributed by atoms with Crippen LogP contribution in [-0.4, -0.2) is 58.7 Å². The number of ether oxygens (including phenoxy) is 1. The van der Waals surface area contributed by atoms with Gasteiger partial charge in [-0.3, -0.25) is 14.1 Å². The average Bonchev–Trinajstić information content (AvgIpc) is 2.73. The fourth-order valence-electron chi connectivity index (χ4n) is 2.44. The zero-order valence-electron chi connectivity index (χ0n) is 14.7. The first-order chi connectivity index (χ1) is 13.4. The Morgan fingerprint density at radius 1 is 1.27 bits per heavy atom. The molecule has 30 heavy (non-hydrogen) atoms. The molecule has 1 aromatic rings. The highest BCUT2D eigenvalue weighted by Crippen LogP contribution is 2.66. The van der Waals surface area contributed by atoms with Crippen LogP contribution in [0.15, 0.2) is 17.1 Å². The van der Waals surface area contributed by atoms with Crippen LogP contribution in [0, 0.1) is 4.64 Å². The smallest absolute Gasteiger partial charge is 0.382 e. The van der Waals surface area contributed by atoms with Crippen LogP contribution in [0.5, 0.6) is 0 Å². The number of hydrogen-bond acceptors (Lipinski definition) is 10. The number of phosphoric ester groups is 1. The van der Waals surface area contributed by atoms with Crippen LogP contribution in [0.2, 0.25) is 0 Å². The lowest BCUT2D eigenvalue weighted by Gasteiger charge is -2.26. The summed E-state index contributed by atoms with van der Waals surface area (Å²) in [6, 6.07) is 1.25. The van der Waals surface area contributed by atoms with E-state index in [1.807, 2.05) is 0 Å². The first-order valence-corrected chi connectivity index (χ1v) is 12.5. The molecule has 0 aromatic carbocycles. The highest BCUT2D eigenvalue weighted by Gasteiger charge is 2.55. The van der Waals surface area contributed by atoms with Crippen molar-refractivity contribution in [1.29, 1.82) is 0 Å². The van der Waals surface area contributed by atoms with Crippen LogP contribution in [0.1, 0.15) is 13.2 Å². The van der Waals surface area contributed by atoms with E-state index in [4.69, 9.17) is 31.6 Å². The Balaban J connectivity index is 2.13. The summed E-state index contributed by atoms with van der Waals surface area (Å²) < 4.78 is 65.5. The van der Waals surface area contributed by atoms with Gasteiger partial charge in [-0.1, -0.05) is 12.2 Å². The number of rotatable bonds is 8. The zero-order chi connectivity index (χ0) is 23.1. The minimum absolute atomic E-state index is 0.0508. The number of hydrogen-bond donors (Lipinski definition) is 6. The van der Waals surface area contributed by atoms with Gasteiger partial charge in [-0.05, 0) is 13.0 Å². The quantitative estimate of drug-likeness (QED) is 0.201. The predicted molar refractivity (Wildman–Crippen MR) is 95.1 cm³/mol. The van der Waals surface area contributed by atoms with Crippen LogP contribution in [0.4, 0.5) is 4.39 Å². The van der Waals surface area contributed by atoms with Crippen molar-refractivity contribution in [2.24, 2.45) is 0 Å². The molecule has 0 aliphatic carbocycles. The molecule has 0 amide bonds. The van der Waals surface area contributed by atoms with E-state index < -0.39 is 59.9 Å². The lowest BCUT2D eigenvalue weighted by molar-refractivity contribution is -0.0929. The molecule has 1 saturated heterocycles. The van der Waals surface area contributed by atoms with Crippen molar-refractivity contribution >= 4 is 35.7 Å². The number of aromatic amines is 1. The molecule has 172 valence electrons. The number of H-pyrrole nitrogens is 1. The molecule has 0 saturated carbocycles. The third-order valence-electron chi connectivity index (χ3n) is 3.61. The maximum Gasteiger partial charge on any atom is 0.490 e. The summed E-state index contributed by atoms with van der Waals surface area (Å²) in [5.74, 6) is 0. The predicted octanol–water partition coefficient (Wildman–Crippen LogP) is 0.236. The Morgan fingerprint density at radius 2 is 1.87 bits per heavy atom. The van der Waals surface area contributed by atoms with Crippen LogP contribution < -0.4 is 5.69 Å². The van der Waals surface area contributed by atoms with E-state index in [0.717, 1.165) is 17.7 Å². The van der Waals surface area contributed by atoms with E-state index in [1.54, 1.807) is 0 Å². The molecule has 2 rings (SSSR count). The Morgan fingerprint density at radius 3 is 2.40 bits per heavy atom. The fraction of sp³-hybridized carbons (Fsp3) is 0.600. The first kappa shape index (κ1) is 25.6. The summed E-state index contributed by atoms with van der Waals surface area (Å²) in [5.41, 5.74) is -3.18. The molecule has 20 heteroatoms. The first-order valence-electron chi connectivity index (χ1n) is 7.55. The summed E-state index contributed by atoms with van der Waals surface area (Å²) in [7, 11) is -16.9. The van der Waals surface area contributed by atoms with Gasteiger partial charge in [0.15, 0.2) is 12.4 Å². The maximum absolute atomic E-state index is 14.6. The normalized spacial score (nSPS) is 31.2. The standard InChI is InChI=1S/C10H16FN2O13P3S/c1-10(15)7(11)5(24-8(10)13-3-2-6(30)12-9(13)14)4-23-28(19,20)26-29(21,22)25-27(16,17)18/h2-3,5,7-8,15H,4H2,1H3,(H,19,20)(H,21,22)(H,12,14,30)(H2,16,17,18)/t5-,7?,8-,10-/m1/s1. The van der Waals surface area contributed by atoms with E-state index in [1.165, 1.54) is 6.07 Å². The molecule has 3 unspecified atom stereocenters. The van der Waals surface area contributed by atoms with Gasteiger partial charge in [0.2, 0.25) is 0 Å². The summed E-state index contributed by atoms with van der Waals surface area (Å²) in [4.78, 5) is 49.6. The second-order valence-electron chi connectivity index (χ2n) is 6.06. The molecule has 1 fully saturated rings. The van der Waals surface area contributed by atoms with Gasteiger partial charge in [-0.2, -0.15) is 8.62 Å². The second kappa shape index (κ2) is 8.71. The molecule has 0 bridgehead atoms. The van der Waals surface area contributed by atoms with Gasteiger partial charge in [0.05, 0.1) is 6.61 Å². The number of phosphoric acid groups is 3. The molecule has 1 aliphatic heterocycles. The summed E-state index contributed by atoms with van der Waals surface area (Å²) >= 11 is 4.75. The van der Waals surface area contributed by atoms with E-state index in [2.05, 4.69) is 18.1 Å². The molecular weight excluding hydrogens is 500 g/mol. The number of halogens is 1. The Labute approximate surface area is 171 Å². The molecule has 1 aromatic heterocycles. The molecule has 2 heterocycles. The second-order valence-corrected chi connectivity index (χ2v) is 10.9. The highest BCUT2D eigenvalue weighted by atomic mass is 32.1. The minimum Gasteiger partial charge on any atom is -0.382 e. The van der Waals surface area contributed by atoms with Crippen molar-refractivity contribution in [3.63, 3.8) is 0 Å². The molecule has 0 radical (unpaired) electrons. The van der Waals surface area contributed by atoms with Crippen molar-refractivity contribution in [1.82, 2.24) is 9.55 Å². The summed E-state index contributed by atoms with van der Waals surface area (Å²) in [5, 5.41) is 10.4. The fourth-order valence-corrected chi connectivity index (χ4v) is 5.62. The number of nitrogens with one attached hydrogen (secondary N) is 1. The summed E-state index contributed by atoms with van der Waals surface area (Å²) in [6.07, 6.45) is -4.58. The number of aromatic nitrogens is 2. The molecule has 6 N–H and O–H groups in total. The van der Waals surface area contributed by atoms with E-state index in [-0.39, 0.29) is 4.64 Å². The average molecular weight is 516 g/mol. The number of alkyl halides is 1. The number of aliphatic hydroxyl groups is 1. The van der Waals surface area contributed by atoms with Gasteiger partial charge in [0.1, 0.15) is 16.3 Å². The van der Waals surface area contributed by atoms with Crippen molar-refractivity contribution in [2.45, 2.75) is 31.0 Å². The largest absolute Gasteiger partial charge is 0.490 e. The van der Waals surface area contributed by atoms with Crippen LogP contribution >= 0.6 is 35.7 Å². The van der Waals surface area contributed by atoms with Crippen molar-refractivity contribution in [3.05, 3.63) is 27.4 Å². The molecule has 1 aliphatic rings. The molecule has 6 atom stereocenters. The van der Waals surface area contributed by atoms with Gasteiger partial charge in [0, 0.05) is 6.20 Å². The molecule has 0 spiro atoms. The molecule has 15 nitrogen and oxygen atoms in total. The highest BCUT2D eigenvalue weighted by molar-refractivity contribution is 7.71. The third-order valence-corrected chi connectivity index (χ3v) is 7.65. The summed E-state index contributed by atoms with van der Waals surface area (Å²) in [6.45, 7) is -0.170. The van der Waals surface area contributed by atoms with E-state index in [9.17, 15) is 32.9 Å². The minimum atomic E-state index is -5.75. The van der Waals surface area contributed by atoms with Crippen LogP contribution in [-0.2, 0) is 31.6 Å². The van der Waals surface area contributed by atoms with Crippen molar-refractivity contribution in [2.75, 3.05) is 6.61 Å². The van der Waals surface area contributed by atoms with E-state index >= 15 is 0 Å². The van der Waals surface area contributed by atoms with Crippen molar-refractivity contribution in [3.8, 4) is 0 Å². The Kier molecular flexibility index (Phi) is 7.44. The monoisotopic (exact) mass is 516 g/mol. The Hall–Kier alpha value is -0.640. The third kappa shape index (κ3) is 6.43. The van der Waals surface area contributed by atoms with Gasteiger partial charge in [-0.15, -0.1) is 0 Å². The zero-order valence-corrected chi connectivity index (χ0v) is 18.2. The topological polar surface area (TPSA) is 227 Å². The van der Waals surface area contributed by atoms with Crippen LogP contribution in [0.25, 0.3) is 0 Å². The van der Waals surface area contributed by atoms with Crippen molar-refractivity contribution < 1.29 is 60.6 Å². The lowest BCUT2D eigenvalue weighted by atomic mass is 9.98. The van der Waals surface area contributed by atoms with Gasteiger partial charge in [-0.25, -0.2) is 22.9 Å². The Bertz CT molecular complexity index is 1050. The maximum atomic E-state index is 14.6. The number of nitrogens with zero attached hydrogens (tertiary/aromatic N) is 1. The SMILES string of the molecule is C[C@@]1(O)C(F)[C@@H](COP(=O)(O)OP(=O)(O)OP(=O)(O)O)O[C@H]1n1ccc(=S)[nH]c1=O.